The number of carbonyl (C=O) groups is 1. The van der Waals surface area contributed by atoms with Crippen molar-refractivity contribution in [1.82, 2.24) is 9.97 Å². The summed E-state index contributed by atoms with van der Waals surface area (Å²) in [6.07, 6.45) is 2.73. The van der Waals surface area contributed by atoms with Gasteiger partial charge in [0.15, 0.2) is 0 Å². The van der Waals surface area contributed by atoms with Gasteiger partial charge in [-0.15, -0.1) is 0 Å². The van der Waals surface area contributed by atoms with Gasteiger partial charge in [-0.2, -0.15) is 4.39 Å². The predicted molar refractivity (Wildman–Crippen MR) is 64.1 cm³/mol. The molecule has 0 aliphatic rings. The molecule has 0 bridgehead atoms. The number of amides is 1. The summed E-state index contributed by atoms with van der Waals surface area (Å²) in [5, 5.41) is 2.59. The second kappa shape index (κ2) is 5.01. The van der Waals surface area contributed by atoms with E-state index in [1.807, 2.05) is 0 Å². The Morgan fingerprint density at radius 2 is 2.12 bits per heavy atom. The van der Waals surface area contributed by atoms with Crippen LogP contribution in [0.1, 0.15) is 10.4 Å². The summed E-state index contributed by atoms with van der Waals surface area (Å²) in [4.78, 5) is 19.1. The Bertz CT molecular complexity index is 545. The lowest BCUT2D eigenvalue weighted by Crippen LogP contribution is -2.13. The maximum atomic E-state index is 12.6. The van der Waals surface area contributed by atoms with E-state index in [4.69, 9.17) is 0 Å². The highest BCUT2D eigenvalue weighted by atomic mass is 79.9. The molecule has 2 heterocycles. The van der Waals surface area contributed by atoms with Gasteiger partial charge in [0.25, 0.3) is 5.91 Å². The van der Waals surface area contributed by atoms with Gasteiger partial charge in [-0.1, -0.05) is 0 Å². The van der Waals surface area contributed by atoms with Crippen molar-refractivity contribution in [1.29, 1.82) is 0 Å². The SMILES string of the molecule is O=C(Nc1ncccc1Br)c1ccc(F)nc1. The van der Waals surface area contributed by atoms with Crippen LogP contribution in [-0.2, 0) is 0 Å². The second-order valence-electron chi connectivity index (χ2n) is 3.16. The minimum atomic E-state index is -0.624. The molecule has 1 N–H and O–H groups in total. The molecule has 2 aromatic heterocycles. The van der Waals surface area contributed by atoms with Gasteiger partial charge in [0.1, 0.15) is 5.82 Å². The fraction of sp³-hybridized carbons (Fsp3) is 0. The number of rotatable bonds is 2. The largest absolute Gasteiger partial charge is 0.306 e. The van der Waals surface area contributed by atoms with E-state index in [0.717, 1.165) is 6.07 Å². The van der Waals surface area contributed by atoms with E-state index in [1.54, 1.807) is 18.3 Å². The average molecular weight is 296 g/mol. The molecule has 0 aliphatic heterocycles. The lowest BCUT2D eigenvalue weighted by molar-refractivity contribution is 0.102. The van der Waals surface area contributed by atoms with Crippen molar-refractivity contribution in [2.75, 3.05) is 5.32 Å². The summed E-state index contributed by atoms with van der Waals surface area (Å²) in [6, 6.07) is 5.97. The van der Waals surface area contributed by atoms with Crippen LogP contribution in [0.3, 0.4) is 0 Å². The molecule has 4 nitrogen and oxygen atoms in total. The van der Waals surface area contributed by atoms with Crippen molar-refractivity contribution >= 4 is 27.7 Å². The summed E-state index contributed by atoms with van der Waals surface area (Å²) in [5.74, 6) is -0.612. The number of hydrogen-bond donors (Lipinski definition) is 1. The van der Waals surface area contributed by atoms with Crippen molar-refractivity contribution in [3.63, 3.8) is 0 Å². The number of nitrogens with one attached hydrogen (secondary N) is 1. The molecule has 17 heavy (non-hydrogen) atoms. The number of carbonyl (C=O) groups excluding carboxylic acids is 1. The van der Waals surface area contributed by atoms with Crippen LogP contribution in [0.25, 0.3) is 0 Å². The van der Waals surface area contributed by atoms with Gasteiger partial charge in [0, 0.05) is 12.4 Å². The number of pyridine rings is 2. The average Bonchev–Trinajstić information content (AvgIpc) is 2.33. The Labute approximate surface area is 105 Å². The van der Waals surface area contributed by atoms with Crippen molar-refractivity contribution in [3.05, 3.63) is 52.6 Å². The van der Waals surface area contributed by atoms with Crippen molar-refractivity contribution < 1.29 is 9.18 Å². The molecule has 0 radical (unpaired) electrons. The van der Waals surface area contributed by atoms with Gasteiger partial charge in [0.2, 0.25) is 5.95 Å². The number of hydrogen-bond acceptors (Lipinski definition) is 3. The molecule has 0 saturated heterocycles. The smallest absolute Gasteiger partial charge is 0.258 e. The molecule has 0 aliphatic carbocycles. The molecule has 0 unspecified atom stereocenters. The Hall–Kier alpha value is -1.82. The van der Waals surface area contributed by atoms with Crippen LogP contribution in [0.15, 0.2) is 41.1 Å². The molecular weight excluding hydrogens is 289 g/mol. The number of anilines is 1. The van der Waals surface area contributed by atoms with Crippen molar-refractivity contribution in [2.45, 2.75) is 0 Å². The fourth-order valence-corrected chi connectivity index (χ4v) is 1.52. The van der Waals surface area contributed by atoms with Gasteiger partial charge >= 0.3 is 0 Å². The summed E-state index contributed by atoms with van der Waals surface area (Å²) < 4.78 is 13.2. The maximum Gasteiger partial charge on any atom is 0.258 e. The van der Waals surface area contributed by atoms with E-state index in [1.165, 1.54) is 12.3 Å². The summed E-state index contributed by atoms with van der Waals surface area (Å²) in [7, 11) is 0. The zero-order chi connectivity index (χ0) is 12.3. The predicted octanol–water partition coefficient (Wildman–Crippen LogP) is 2.63. The number of aromatic nitrogens is 2. The Morgan fingerprint density at radius 3 is 2.76 bits per heavy atom. The third-order valence-corrected chi connectivity index (χ3v) is 2.62. The van der Waals surface area contributed by atoms with Gasteiger partial charge in [0.05, 0.1) is 10.0 Å². The van der Waals surface area contributed by atoms with Crippen LogP contribution >= 0.6 is 15.9 Å². The lowest BCUT2D eigenvalue weighted by Gasteiger charge is -2.05. The summed E-state index contributed by atoms with van der Waals surface area (Å²) in [5.41, 5.74) is 0.268. The summed E-state index contributed by atoms with van der Waals surface area (Å²) >= 11 is 3.26. The molecule has 6 heteroatoms. The van der Waals surface area contributed by atoms with E-state index >= 15 is 0 Å². The van der Waals surface area contributed by atoms with E-state index < -0.39 is 11.9 Å². The number of halogens is 2. The molecule has 0 aromatic carbocycles. The molecule has 0 spiro atoms. The van der Waals surface area contributed by atoms with Crippen LogP contribution in [0.4, 0.5) is 10.2 Å². The monoisotopic (exact) mass is 295 g/mol. The van der Waals surface area contributed by atoms with Crippen molar-refractivity contribution in [3.8, 4) is 0 Å². The van der Waals surface area contributed by atoms with Gasteiger partial charge in [-0.25, -0.2) is 9.97 Å². The third-order valence-electron chi connectivity index (χ3n) is 1.98. The third kappa shape index (κ3) is 2.85. The normalized spacial score (nSPS) is 10.0. The van der Waals surface area contributed by atoms with Crippen LogP contribution in [0.2, 0.25) is 0 Å². The first-order chi connectivity index (χ1) is 8.16. The first-order valence-corrected chi connectivity index (χ1v) is 5.49. The minimum absolute atomic E-state index is 0.268. The van der Waals surface area contributed by atoms with Crippen LogP contribution in [0.5, 0.6) is 0 Å². The number of nitrogens with zero attached hydrogens (tertiary/aromatic N) is 2. The molecule has 1 amide bonds. The molecule has 86 valence electrons. The molecule has 0 saturated carbocycles. The van der Waals surface area contributed by atoms with Gasteiger partial charge in [-0.05, 0) is 40.2 Å². The minimum Gasteiger partial charge on any atom is -0.306 e. The van der Waals surface area contributed by atoms with Crippen LogP contribution < -0.4 is 5.32 Å². The van der Waals surface area contributed by atoms with Crippen LogP contribution in [-0.4, -0.2) is 15.9 Å². The standard InChI is InChI=1S/C11H7BrFN3O/c12-8-2-1-5-14-10(8)16-11(17)7-3-4-9(13)15-6-7/h1-6H,(H,14,16,17). The second-order valence-corrected chi connectivity index (χ2v) is 4.01. The van der Waals surface area contributed by atoms with E-state index in [2.05, 4.69) is 31.2 Å². The Morgan fingerprint density at radius 1 is 1.29 bits per heavy atom. The van der Waals surface area contributed by atoms with Gasteiger partial charge < -0.3 is 5.32 Å². The molecule has 2 aromatic rings. The van der Waals surface area contributed by atoms with E-state index in [0.29, 0.717) is 10.3 Å². The topological polar surface area (TPSA) is 54.9 Å². The van der Waals surface area contributed by atoms with Crippen molar-refractivity contribution in [2.24, 2.45) is 0 Å². The first-order valence-electron chi connectivity index (χ1n) is 4.70. The van der Waals surface area contributed by atoms with Crippen LogP contribution in [0, 0.1) is 5.95 Å². The molecule has 0 fully saturated rings. The quantitative estimate of drug-likeness (QED) is 0.867. The Kier molecular flexibility index (Phi) is 3.43. The highest BCUT2D eigenvalue weighted by Crippen LogP contribution is 2.18. The fourth-order valence-electron chi connectivity index (χ4n) is 1.17. The Balaban J connectivity index is 2.17. The zero-order valence-corrected chi connectivity index (χ0v) is 10.1. The first kappa shape index (κ1) is 11.7. The highest BCUT2D eigenvalue weighted by Gasteiger charge is 2.09. The maximum absolute atomic E-state index is 12.6. The summed E-state index contributed by atoms with van der Waals surface area (Å²) in [6.45, 7) is 0. The molecular formula is C11H7BrFN3O. The zero-order valence-electron chi connectivity index (χ0n) is 8.52. The van der Waals surface area contributed by atoms with Gasteiger partial charge in [-0.3, -0.25) is 4.79 Å². The van der Waals surface area contributed by atoms with E-state index in [9.17, 15) is 9.18 Å². The van der Waals surface area contributed by atoms with E-state index in [-0.39, 0.29) is 5.56 Å². The highest BCUT2D eigenvalue weighted by molar-refractivity contribution is 9.10. The lowest BCUT2D eigenvalue weighted by atomic mass is 10.2. The molecule has 2 rings (SSSR count). The molecule has 0 atom stereocenters.